The lowest BCUT2D eigenvalue weighted by Crippen LogP contribution is -2.60. The predicted molar refractivity (Wildman–Crippen MR) is 298 cm³/mol. The van der Waals surface area contributed by atoms with Gasteiger partial charge in [-0.25, -0.2) is 9.78 Å². The molecule has 79 heavy (non-hydrogen) atoms. The summed E-state index contributed by atoms with van der Waals surface area (Å²) in [5, 5.41) is 27.4. The number of guanidine groups is 1. The highest BCUT2D eigenvalue weighted by Gasteiger charge is 2.41. The molecular weight excluding hydrogens is 1010 g/mol. The van der Waals surface area contributed by atoms with E-state index in [9.17, 15) is 43.5 Å². The van der Waals surface area contributed by atoms with Crippen molar-refractivity contribution in [2.45, 2.75) is 153 Å². The Labute approximate surface area is 460 Å². The number of nitrogens with two attached hydrogens (primary N) is 4. The summed E-state index contributed by atoms with van der Waals surface area (Å²) in [5.41, 5.74) is 26.2. The minimum Gasteiger partial charge on any atom is -0.480 e. The number of hydrogen-bond donors (Lipinski definition) is 13. The molecule has 1 fully saturated rings. The van der Waals surface area contributed by atoms with Gasteiger partial charge in [-0.15, -0.1) is 0 Å². The lowest BCUT2D eigenvalue weighted by molar-refractivity contribution is -0.143. The van der Waals surface area contributed by atoms with Gasteiger partial charge in [-0.2, -0.15) is 0 Å². The minimum atomic E-state index is -1.29. The number of aromatic amines is 2. The molecule has 2 aromatic carbocycles. The molecule has 0 radical (unpaired) electrons. The average Bonchev–Trinajstić information content (AvgIpc) is 4.27. The molecule has 17 N–H and O–H groups in total. The van der Waals surface area contributed by atoms with E-state index >= 15 is 0 Å². The lowest BCUT2D eigenvalue weighted by Gasteiger charge is -2.31. The minimum absolute atomic E-state index is 0.0119. The molecule has 430 valence electrons. The van der Waals surface area contributed by atoms with Crippen LogP contribution >= 0.6 is 0 Å². The van der Waals surface area contributed by atoms with E-state index in [1.54, 1.807) is 13.1 Å². The summed E-state index contributed by atoms with van der Waals surface area (Å²) in [7, 11) is 0. The Morgan fingerprint density at radius 1 is 0.747 bits per heavy atom. The van der Waals surface area contributed by atoms with Crippen LogP contribution in [0, 0.1) is 11.8 Å². The molecule has 7 amide bonds. The van der Waals surface area contributed by atoms with Gasteiger partial charge < -0.3 is 74.8 Å². The Balaban J connectivity index is 1.39. The van der Waals surface area contributed by atoms with Gasteiger partial charge in [-0.05, 0) is 93.4 Å². The lowest BCUT2D eigenvalue weighted by atomic mass is 9.96. The van der Waals surface area contributed by atoms with Crippen molar-refractivity contribution >= 4 is 64.2 Å². The largest absolute Gasteiger partial charge is 0.480 e. The van der Waals surface area contributed by atoms with Gasteiger partial charge in [0.25, 0.3) is 0 Å². The number of carboxylic acids is 1. The van der Waals surface area contributed by atoms with Gasteiger partial charge >= 0.3 is 5.97 Å². The van der Waals surface area contributed by atoms with Gasteiger partial charge in [0.2, 0.25) is 41.4 Å². The summed E-state index contributed by atoms with van der Waals surface area (Å²) in [6.45, 7) is 7.77. The molecule has 0 saturated carbocycles. The fourth-order valence-corrected chi connectivity index (χ4v) is 9.54. The summed E-state index contributed by atoms with van der Waals surface area (Å²) in [4.78, 5) is 128. The van der Waals surface area contributed by atoms with Gasteiger partial charge in [-0.1, -0.05) is 82.6 Å². The van der Waals surface area contributed by atoms with E-state index < -0.39 is 102 Å². The summed E-state index contributed by atoms with van der Waals surface area (Å²) in [6.07, 6.45) is 7.24. The fraction of sp³-hybridized carbons (Fsp3) is 0.527. The number of aliphatic imine (C=N–C) groups is 1. The number of benzene rings is 2. The zero-order chi connectivity index (χ0) is 57.6. The number of carboxylic acid groups (broad SMARTS) is 1. The summed E-state index contributed by atoms with van der Waals surface area (Å²) in [5.74, 6) is -6.58. The van der Waals surface area contributed by atoms with E-state index in [0.29, 0.717) is 43.5 Å². The maximum Gasteiger partial charge on any atom is 0.326 e. The molecule has 3 heterocycles. The van der Waals surface area contributed by atoms with Gasteiger partial charge in [0.15, 0.2) is 5.96 Å². The first-order valence-corrected chi connectivity index (χ1v) is 27.2. The molecule has 0 spiro atoms. The number of unbranched alkanes of at least 4 members (excludes halogenated alkanes) is 1. The summed E-state index contributed by atoms with van der Waals surface area (Å²) in [6, 6.07) is 7.09. The van der Waals surface area contributed by atoms with Crippen LogP contribution in [0.4, 0.5) is 0 Å². The van der Waals surface area contributed by atoms with Crippen LogP contribution in [0.3, 0.4) is 0 Å². The number of para-hydroxylation sites is 1. The maximum atomic E-state index is 14.9. The Bertz CT molecular complexity index is 2680. The van der Waals surface area contributed by atoms with Gasteiger partial charge in [0.1, 0.15) is 42.3 Å². The third-order valence-electron chi connectivity index (χ3n) is 14.1. The number of aliphatic carboxylic acids is 1. The number of H-pyrrole nitrogens is 2. The molecule has 4 aromatic rings. The van der Waals surface area contributed by atoms with E-state index in [-0.39, 0.29) is 76.3 Å². The highest BCUT2D eigenvalue weighted by Crippen LogP contribution is 2.23. The zero-order valence-electron chi connectivity index (χ0n) is 45.7. The topological polar surface area (TPSA) is 393 Å². The maximum absolute atomic E-state index is 14.9. The fourth-order valence-electron chi connectivity index (χ4n) is 9.54. The molecule has 2 aromatic heterocycles. The highest BCUT2D eigenvalue weighted by molar-refractivity contribution is 5.98. The normalized spacial score (nSPS) is 16.3. The van der Waals surface area contributed by atoms with Crippen molar-refractivity contribution in [1.29, 1.82) is 0 Å². The molecule has 9 atom stereocenters. The molecule has 0 unspecified atom stereocenters. The second-order valence-corrected chi connectivity index (χ2v) is 20.7. The van der Waals surface area contributed by atoms with Gasteiger partial charge in [0.05, 0.1) is 12.4 Å². The summed E-state index contributed by atoms with van der Waals surface area (Å²) < 4.78 is 0. The van der Waals surface area contributed by atoms with E-state index in [1.807, 2.05) is 75.4 Å². The first-order valence-electron chi connectivity index (χ1n) is 27.2. The third-order valence-corrected chi connectivity index (χ3v) is 14.1. The first-order chi connectivity index (χ1) is 37.8. The van der Waals surface area contributed by atoms with Crippen LogP contribution in [0.2, 0.25) is 0 Å². The van der Waals surface area contributed by atoms with E-state index in [4.69, 9.17) is 22.9 Å². The van der Waals surface area contributed by atoms with Crippen LogP contribution in [-0.4, -0.2) is 146 Å². The first kappa shape index (κ1) is 62.0. The van der Waals surface area contributed by atoms with E-state index in [2.05, 4.69) is 51.8 Å². The van der Waals surface area contributed by atoms with Crippen LogP contribution in [0.5, 0.6) is 0 Å². The second-order valence-electron chi connectivity index (χ2n) is 20.7. The van der Waals surface area contributed by atoms with Crippen LogP contribution in [-0.2, 0) is 57.6 Å². The van der Waals surface area contributed by atoms with Crippen molar-refractivity contribution in [3.8, 4) is 0 Å². The molecular formula is C55H81N15O9. The molecule has 24 heteroatoms. The second kappa shape index (κ2) is 30.9. The molecule has 1 aliphatic heterocycles. The number of likely N-dealkylation sites (tertiary alicyclic amines) is 1. The van der Waals surface area contributed by atoms with E-state index in [0.717, 1.165) is 16.5 Å². The SMILES string of the molecule is CC[C@H](C)[C@H](NC(=O)[C@H](Cc1c[nH]c2ccccc12)NC(=O)[C@@H]1CCCN1C(=O)[C@H](CCCN=C(N)N)NC(=O)[C@H](CCCCN)NC(=O)[C@H](Cc1cnc[nH]1)NC(=O)[C@@H](N)Cc1ccccc1)C(=O)N[C@@H](CC(C)C)C(=O)O. The standard InChI is InChI=1S/C55H81N15O9/c1-5-33(4)46(52(76)68-44(54(78)79)25-32(2)3)69-50(74)42(27-35-29-62-39-18-10-9-17-37(35)39)67-51(75)45-21-14-24-70(45)53(77)41(20-13-23-61-55(58)59)65-48(72)40(19-11-12-22-56)64-49(73)43(28-36-30-60-31-63-36)66-47(71)38(57)26-34-15-7-6-8-16-34/h6-10,15-18,29-33,38,40-46,62H,5,11-14,19-28,56-57H2,1-4H3,(H,60,63)(H,64,73)(H,65,72)(H,66,71)(H,67,75)(H,68,76)(H,69,74)(H,78,79)(H4,58,59,61)/t33-,38-,40-,41-,42-,43-,44-,45-,46-/m0/s1. The van der Waals surface area contributed by atoms with Crippen molar-refractivity contribution in [3.05, 3.63) is 90.1 Å². The van der Waals surface area contributed by atoms with Crippen LogP contribution in [0.15, 0.2) is 78.3 Å². The molecule has 5 rings (SSSR count). The van der Waals surface area contributed by atoms with Crippen molar-refractivity contribution in [2.24, 2.45) is 39.8 Å². The van der Waals surface area contributed by atoms with Gasteiger partial charge in [-0.3, -0.25) is 38.6 Å². The molecule has 1 aliphatic rings. The number of carbonyl (C=O) groups is 8. The Hall–Kier alpha value is -7.86. The van der Waals surface area contributed by atoms with Crippen molar-refractivity contribution in [1.82, 2.24) is 51.8 Å². The van der Waals surface area contributed by atoms with E-state index in [1.165, 1.54) is 17.4 Å². The van der Waals surface area contributed by atoms with Crippen LogP contribution < -0.4 is 54.8 Å². The average molecular weight is 1100 g/mol. The quantitative estimate of drug-likeness (QED) is 0.0180. The zero-order valence-corrected chi connectivity index (χ0v) is 45.7. The van der Waals surface area contributed by atoms with Crippen LogP contribution in [0.1, 0.15) is 102 Å². The molecule has 0 aliphatic carbocycles. The van der Waals surface area contributed by atoms with Crippen molar-refractivity contribution in [3.63, 3.8) is 0 Å². The Kier molecular flexibility index (Phi) is 24.3. The number of aromatic nitrogens is 3. The molecule has 24 nitrogen and oxygen atoms in total. The highest BCUT2D eigenvalue weighted by atomic mass is 16.4. The predicted octanol–water partition coefficient (Wildman–Crippen LogP) is 0.505. The number of nitrogens with one attached hydrogen (secondary N) is 8. The number of fused-ring (bicyclic) bond motifs is 1. The number of carbonyl (C=O) groups excluding carboxylic acids is 7. The smallest absolute Gasteiger partial charge is 0.326 e. The number of hydrogen-bond acceptors (Lipinski definition) is 12. The van der Waals surface area contributed by atoms with Crippen molar-refractivity contribution in [2.75, 3.05) is 19.6 Å². The molecule has 0 bridgehead atoms. The van der Waals surface area contributed by atoms with Gasteiger partial charge in [0, 0.05) is 54.9 Å². The number of rotatable bonds is 32. The number of imidazole rings is 1. The summed E-state index contributed by atoms with van der Waals surface area (Å²) >= 11 is 0. The Morgan fingerprint density at radius 2 is 1.39 bits per heavy atom. The Morgan fingerprint density at radius 3 is 2.06 bits per heavy atom. The number of nitrogens with zero attached hydrogens (tertiary/aromatic N) is 3. The third kappa shape index (κ3) is 18.9. The number of amides is 7. The van der Waals surface area contributed by atoms with Crippen molar-refractivity contribution < 1.29 is 43.5 Å². The molecule has 1 saturated heterocycles. The monoisotopic (exact) mass is 1100 g/mol. The van der Waals surface area contributed by atoms with Crippen LogP contribution in [0.25, 0.3) is 10.9 Å².